The number of pyridine rings is 1. The molecule has 0 spiro atoms. The molecule has 1 N–H and O–H groups in total. The number of ether oxygens (including phenoxy) is 1. The van der Waals surface area contributed by atoms with Crippen LogP contribution in [0.5, 0.6) is 5.88 Å². The van der Waals surface area contributed by atoms with E-state index in [-0.39, 0.29) is 12.1 Å². The van der Waals surface area contributed by atoms with E-state index < -0.39 is 12.7 Å². The maximum atomic E-state index is 12.4. The number of nitrogens with one attached hydrogen (secondary N) is 1. The Morgan fingerprint density at radius 1 is 1.41 bits per heavy atom. The Labute approximate surface area is 128 Å². The summed E-state index contributed by atoms with van der Waals surface area (Å²) in [6.45, 7) is 2.18. The maximum absolute atomic E-state index is 12.4. The van der Waals surface area contributed by atoms with E-state index in [1.165, 1.54) is 4.90 Å². The number of rotatable bonds is 5. The van der Waals surface area contributed by atoms with Crippen molar-refractivity contribution < 1.29 is 17.9 Å². The van der Waals surface area contributed by atoms with Gasteiger partial charge in [0.25, 0.3) is 0 Å². The lowest BCUT2D eigenvalue weighted by Gasteiger charge is -2.34. The largest absolute Gasteiger partial charge is 0.481 e. The minimum absolute atomic E-state index is 0.107. The first-order valence-electron chi connectivity index (χ1n) is 7.42. The van der Waals surface area contributed by atoms with Crippen molar-refractivity contribution >= 4 is 0 Å². The van der Waals surface area contributed by atoms with Crippen LogP contribution < -0.4 is 10.1 Å². The highest BCUT2D eigenvalue weighted by molar-refractivity contribution is 5.23. The second kappa shape index (κ2) is 7.28. The zero-order valence-electron chi connectivity index (χ0n) is 12.9. The predicted octanol–water partition coefficient (Wildman–Crippen LogP) is 2.77. The first-order chi connectivity index (χ1) is 10.4. The number of hydrogen-bond acceptors (Lipinski definition) is 4. The lowest BCUT2D eigenvalue weighted by Crippen LogP contribution is -2.46. The first kappa shape index (κ1) is 17.0. The van der Waals surface area contributed by atoms with Gasteiger partial charge in [-0.25, -0.2) is 4.98 Å². The molecule has 1 aromatic heterocycles. The van der Waals surface area contributed by atoms with E-state index in [0.29, 0.717) is 19.0 Å². The summed E-state index contributed by atoms with van der Waals surface area (Å²) < 4.78 is 42.2. The van der Waals surface area contributed by atoms with Crippen molar-refractivity contribution in [3.8, 4) is 5.88 Å². The van der Waals surface area contributed by atoms with Crippen molar-refractivity contribution in [1.82, 2.24) is 15.2 Å². The van der Waals surface area contributed by atoms with E-state index >= 15 is 0 Å². The van der Waals surface area contributed by atoms with Crippen LogP contribution in [-0.2, 0) is 0 Å². The molecule has 1 atom stereocenters. The van der Waals surface area contributed by atoms with E-state index in [1.807, 2.05) is 19.1 Å². The van der Waals surface area contributed by atoms with Crippen molar-refractivity contribution in [2.75, 3.05) is 26.7 Å². The number of halogens is 3. The number of likely N-dealkylation sites (tertiary alicyclic amines) is 1. The van der Waals surface area contributed by atoms with Crippen molar-refractivity contribution in [1.29, 1.82) is 0 Å². The van der Waals surface area contributed by atoms with Gasteiger partial charge in [0, 0.05) is 24.3 Å². The molecule has 4 nitrogen and oxygen atoms in total. The number of alkyl halides is 3. The second-order valence-electron chi connectivity index (χ2n) is 5.69. The number of nitrogens with zero attached hydrogens (tertiary/aromatic N) is 2. The van der Waals surface area contributed by atoms with Gasteiger partial charge in [-0.05, 0) is 44.5 Å². The molecule has 1 unspecified atom stereocenters. The zero-order chi connectivity index (χ0) is 16.2. The van der Waals surface area contributed by atoms with Gasteiger partial charge in [0.2, 0.25) is 5.88 Å². The fourth-order valence-corrected chi connectivity index (χ4v) is 2.77. The van der Waals surface area contributed by atoms with Crippen LogP contribution in [0.1, 0.15) is 31.4 Å². The van der Waals surface area contributed by atoms with Crippen molar-refractivity contribution in [3.05, 3.63) is 23.9 Å². The minimum Gasteiger partial charge on any atom is -0.481 e. The van der Waals surface area contributed by atoms with Gasteiger partial charge in [-0.15, -0.1) is 0 Å². The predicted molar refractivity (Wildman–Crippen MR) is 77.9 cm³/mol. The molecule has 1 fully saturated rings. The molecule has 22 heavy (non-hydrogen) atoms. The van der Waals surface area contributed by atoms with E-state index in [4.69, 9.17) is 4.74 Å². The third kappa shape index (κ3) is 5.14. The van der Waals surface area contributed by atoms with Gasteiger partial charge in [0.05, 0.1) is 13.7 Å². The molecule has 0 aliphatic carbocycles. The average molecular weight is 317 g/mol. The topological polar surface area (TPSA) is 37.4 Å². The molecule has 0 bridgehead atoms. The lowest BCUT2D eigenvalue weighted by atomic mass is 10.0. The molecule has 1 saturated heterocycles. The minimum atomic E-state index is -4.11. The van der Waals surface area contributed by atoms with E-state index in [2.05, 4.69) is 10.3 Å². The summed E-state index contributed by atoms with van der Waals surface area (Å²) in [4.78, 5) is 5.54. The first-order valence-corrected chi connectivity index (χ1v) is 7.42. The van der Waals surface area contributed by atoms with Crippen LogP contribution >= 0.6 is 0 Å². The Morgan fingerprint density at radius 3 is 2.68 bits per heavy atom. The summed E-state index contributed by atoms with van der Waals surface area (Å²) in [5.41, 5.74) is 1.06. The summed E-state index contributed by atoms with van der Waals surface area (Å²) in [6, 6.07) is 4.13. The molecule has 0 saturated carbocycles. The van der Waals surface area contributed by atoms with Gasteiger partial charge in [-0.3, -0.25) is 4.90 Å². The van der Waals surface area contributed by atoms with Crippen molar-refractivity contribution in [3.63, 3.8) is 0 Å². The van der Waals surface area contributed by atoms with Gasteiger partial charge < -0.3 is 10.1 Å². The number of hydrogen-bond donors (Lipinski definition) is 1. The number of piperidine rings is 1. The fraction of sp³-hybridized carbons (Fsp3) is 0.667. The highest BCUT2D eigenvalue weighted by Gasteiger charge is 2.32. The molecule has 7 heteroatoms. The third-order valence-electron chi connectivity index (χ3n) is 3.94. The Hall–Kier alpha value is -1.34. The second-order valence-corrected chi connectivity index (χ2v) is 5.69. The summed E-state index contributed by atoms with van der Waals surface area (Å²) >= 11 is 0. The Balaban J connectivity index is 1.82. The normalized spacial score (nSPS) is 19.1. The van der Waals surface area contributed by atoms with Gasteiger partial charge in [-0.1, -0.05) is 0 Å². The van der Waals surface area contributed by atoms with Crippen molar-refractivity contribution in [2.45, 2.75) is 38.0 Å². The summed E-state index contributed by atoms with van der Waals surface area (Å²) in [5, 5.41) is 3.48. The van der Waals surface area contributed by atoms with E-state index in [9.17, 15) is 13.2 Å². The summed E-state index contributed by atoms with van der Waals surface area (Å²) in [6.07, 6.45) is -0.968. The smallest absolute Gasteiger partial charge is 0.401 e. The molecule has 124 valence electrons. The summed E-state index contributed by atoms with van der Waals surface area (Å²) in [7, 11) is 1.57. The molecule has 2 rings (SSSR count). The zero-order valence-corrected chi connectivity index (χ0v) is 12.9. The van der Waals surface area contributed by atoms with Crippen LogP contribution in [-0.4, -0.2) is 48.8 Å². The molecule has 0 aromatic carbocycles. The Kier molecular flexibility index (Phi) is 5.63. The maximum Gasteiger partial charge on any atom is 0.401 e. The van der Waals surface area contributed by atoms with Crippen LogP contribution in [0.15, 0.2) is 18.3 Å². The highest BCUT2D eigenvalue weighted by atomic mass is 19.4. The number of methoxy groups -OCH3 is 1. The Bertz CT molecular complexity index is 473. The molecule has 1 aromatic rings. The van der Waals surface area contributed by atoms with Crippen LogP contribution in [0, 0.1) is 0 Å². The molecule has 0 radical (unpaired) electrons. The molecular weight excluding hydrogens is 295 g/mol. The molecule has 1 aliphatic heterocycles. The molecule has 0 amide bonds. The lowest BCUT2D eigenvalue weighted by molar-refractivity contribution is -0.148. The fourth-order valence-electron chi connectivity index (χ4n) is 2.77. The molecular formula is C15H22F3N3O. The van der Waals surface area contributed by atoms with Gasteiger partial charge >= 0.3 is 6.18 Å². The average Bonchev–Trinajstić information content (AvgIpc) is 2.48. The van der Waals surface area contributed by atoms with Crippen LogP contribution in [0.3, 0.4) is 0 Å². The highest BCUT2D eigenvalue weighted by Crippen LogP contribution is 2.22. The quantitative estimate of drug-likeness (QED) is 0.906. The van der Waals surface area contributed by atoms with Gasteiger partial charge in [0.1, 0.15) is 0 Å². The number of aromatic nitrogens is 1. The molecule has 1 aliphatic rings. The van der Waals surface area contributed by atoms with Gasteiger partial charge in [-0.2, -0.15) is 13.2 Å². The van der Waals surface area contributed by atoms with Crippen LogP contribution in [0.2, 0.25) is 0 Å². The van der Waals surface area contributed by atoms with Crippen LogP contribution in [0.25, 0.3) is 0 Å². The van der Waals surface area contributed by atoms with E-state index in [0.717, 1.165) is 18.4 Å². The van der Waals surface area contributed by atoms with Crippen molar-refractivity contribution in [2.24, 2.45) is 0 Å². The third-order valence-corrected chi connectivity index (χ3v) is 3.94. The van der Waals surface area contributed by atoms with E-state index in [1.54, 1.807) is 13.3 Å². The van der Waals surface area contributed by atoms with Gasteiger partial charge in [0.15, 0.2) is 0 Å². The molecule has 2 heterocycles. The Morgan fingerprint density at radius 2 is 2.09 bits per heavy atom. The van der Waals surface area contributed by atoms with Crippen LogP contribution in [0.4, 0.5) is 13.2 Å². The summed E-state index contributed by atoms with van der Waals surface area (Å²) in [5.74, 6) is 0.561. The monoisotopic (exact) mass is 317 g/mol. The SMILES string of the molecule is COc1cc(C(C)NC2CCN(CC(F)(F)F)CC2)ccn1. The standard InChI is InChI=1S/C15H22F3N3O/c1-11(12-3-6-19-14(9-12)22-2)20-13-4-7-21(8-5-13)10-15(16,17)18/h3,6,9,11,13,20H,4-5,7-8,10H2,1-2H3.